The van der Waals surface area contributed by atoms with E-state index in [1.54, 1.807) is 0 Å². The van der Waals surface area contributed by atoms with Gasteiger partial charge >= 0.3 is 0 Å². The molecule has 0 radical (unpaired) electrons. The van der Waals surface area contributed by atoms with Crippen molar-refractivity contribution in [2.24, 2.45) is 0 Å². The first-order chi connectivity index (χ1) is 16.0. The first kappa shape index (κ1) is 23.0. The summed E-state index contributed by atoms with van der Waals surface area (Å²) in [5.41, 5.74) is 3.52. The van der Waals surface area contributed by atoms with E-state index in [2.05, 4.69) is 58.6 Å². The second kappa shape index (κ2) is 10.6. The Balaban J connectivity index is 1.25. The Bertz CT molecular complexity index is 1220. The molecule has 1 amide bonds. The van der Waals surface area contributed by atoms with Crippen LogP contribution in [-0.2, 0) is 13.1 Å². The van der Waals surface area contributed by atoms with Crippen LogP contribution in [0.15, 0.2) is 72.9 Å². The third-order valence-electron chi connectivity index (χ3n) is 5.35. The van der Waals surface area contributed by atoms with Gasteiger partial charge in [-0.15, -0.1) is 11.3 Å². The van der Waals surface area contributed by atoms with Crippen LogP contribution >= 0.6 is 11.3 Å². The molecule has 0 saturated carbocycles. The standard InChI is InChI=1S/C27H29N3O2S/c1-19(16-29-27(31)26-13-6-20(2)33-26)32-24-10-7-21(8-11-24)17-30(3)18-22-9-12-25-23(15-22)5-4-14-28-25/h4-15,19H,16-18H2,1-3H3,(H,29,31)/t19-/m1/s1. The predicted molar refractivity (Wildman–Crippen MR) is 135 cm³/mol. The quantitative estimate of drug-likeness (QED) is 0.362. The van der Waals surface area contributed by atoms with Crippen LogP contribution in [0, 0.1) is 6.92 Å². The van der Waals surface area contributed by atoms with Gasteiger partial charge in [0.1, 0.15) is 11.9 Å². The summed E-state index contributed by atoms with van der Waals surface area (Å²) in [7, 11) is 2.12. The van der Waals surface area contributed by atoms with Gasteiger partial charge in [-0.25, -0.2) is 0 Å². The number of amides is 1. The van der Waals surface area contributed by atoms with Crippen molar-refractivity contribution in [3.63, 3.8) is 0 Å². The minimum atomic E-state index is -0.120. The molecule has 5 nitrogen and oxygen atoms in total. The van der Waals surface area contributed by atoms with Crippen LogP contribution in [0.4, 0.5) is 0 Å². The normalized spacial score (nSPS) is 12.1. The van der Waals surface area contributed by atoms with Crippen LogP contribution < -0.4 is 10.1 Å². The molecule has 2 aromatic carbocycles. The summed E-state index contributed by atoms with van der Waals surface area (Å²) in [6.07, 6.45) is 1.70. The molecule has 33 heavy (non-hydrogen) atoms. The maximum absolute atomic E-state index is 12.2. The lowest BCUT2D eigenvalue weighted by molar-refractivity contribution is 0.0936. The summed E-state index contributed by atoms with van der Waals surface area (Å²) >= 11 is 1.50. The van der Waals surface area contributed by atoms with Gasteiger partial charge in [-0.05, 0) is 74.5 Å². The number of hydrogen-bond donors (Lipinski definition) is 1. The first-order valence-corrected chi connectivity index (χ1v) is 11.9. The zero-order valence-electron chi connectivity index (χ0n) is 19.2. The summed E-state index contributed by atoms with van der Waals surface area (Å²) < 4.78 is 5.97. The Kier molecular flexibility index (Phi) is 7.37. The Morgan fingerprint density at radius 1 is 1.06 bits per heavy atom. The third-order valence-corrected chi connectivity index (χ3v) is 6.35. The van der Waals surface area contributed by atoms with Crippen molar-refractivity contribution >= 4 is 28.1 Å². The molecule has 0 aliphatic rings. The van der Waals surface area contributed by atoms with Crippen molar-refractivity contribution in [2.75, 3.05) is 13.6 Å². The maximum atomic E-state index is 12.2. The van der Waals surface area contributed by atoms with Gasteiger partial charge in [-0.1, -0.05) is 24.3 Å². The SMILES string of the molecule is Cc1ccc(C(=O)NC[C@@H](C)Oc2ccc(CN(C)Cc3ccc4ncccc4c3)cc2)s1. The number of nitrogens with one attached hydrogen (secondary N) is 1. The van der Waals surface area contributed by atoms with Gasteiger partial charge in [-0.2, -0.15) is 0 Å². The van der Waals surface area contributed by atoms with Gasteiger partial charge in [0.25, 0.3) is 5.91 Å². The third kappa shape index (κ3) is 6.40. The van der Waals surface area contributed by atoms with E-state index in [0.29, 0.717) is 6.54 Å². The Labute approximate surface area is 199 Å². The van der Waals surface area contributed by atoms with Crippen molar-refractivity contribution in [1.82, 2.24) is 15.2 Å². The van der Waals surface area contributed by atoms with E-state index >= 15 is 0 Å². The largest absolute Gasteiger partial charge is 0.489 e. The molecule has 0 unspecified atom stereocenters. The average Bonchev–Trinajstić information content (AvgIpc) is 3.25. The molecule has 1 N–H and O–H groups in total. The molecule has 170 valence electrons. The van der Waals surface area contributed by atoms with E-state index in [1.807, 2.05) is 50.4 Å². The number of aromatic nitrogens is 1. The zero-order valence-corrected chi connectivity index (χ0v) is 20.1. The summed E-state index contributed by atoms with van der Waals surface area (Å²) in [5, 5.41) is 4.11. The van der Waals surface area contributed by atoms with Crippen molar-refractivity contribution < 1.29 is 9.53 Å². The molecule has 1 atom stereocenters. The van der Waals surface area contributed by atoms with Crippen molar-refractivity contribution in [1.29, 1.82) is 0 Å². The number of rotatable bonds is 9. The lowest BCUT2D eigenvalue weighted by Gasteiger charge is -2.18. The highest BCUT2D eigenvalue weighted by molar-refractivity contribution is 7.13. The number of benzene rings is 2. The molecule has 6 heteroatoms. The smallest absolute Gasteiger partial charge is 0.261 e. The van der Waals surface area contributed by atoms with E-state index < -0.39 is 0 Å². The Morgan fingerprint density at radius 2 is 1.82 bits per heavy atom. The monoisotopic (exact) mass is 459 g/mol. The minimum absolute atomic E-state index is 0.0513. The number of pyridine rings is 1. The molecule has 0 aliphatic carbocycles. The maximum Gasteiger partial charge on any atom is 0.261 e. The molecule has 0 bridgehead atoms. The molecule has 4 rings (SSSR count). The number of thiophene rings is 1. The van der Waals surface area contributed by atoms with Crippen LogP contribution in [0.25, 0.3) is 10.9 Å². The highest BCUT2D eigenvalue weighted by Crippen LogP contribution is 2.18. The second-order valence-corrected chi connectivity index (χ2v) is 9.68. The molecular weight excluding hydrogens is 430 g/mol. The number of ether oxygens (including phenoxy) is 1. The van der Waals surface area contributed by atoms with Gasteiger partial charge in [0.2, 0.25) is 0 Å². The number of carbonyl (C=O) groups excluding carboxylic acids is 1. The van der Waals surface area contributed by atoms with E-state index in [1.165, 1.54) is 27.8 Å². The number of fused-ring (bicyclic) bond motifs is 1. The molecule has 4 aromatic rings. The first-order valence-electron chi connectivity index (χ1n) is 11.1. The molecule has 0 saturated heterocycles. The molecule has 0 aliphatic heterocycles. The van der Waals surface area contributed by atoms with Gasteiger partial charge in [-0.3, -0.25) is 14.7 Å². The zero-order chi connectivity index (χ0) is 23.2. The van der Waals surface area contributed by atoms with E-state index in [-0.39, 0.29) is 12.0 Å². The van der Waals surface area contributed by atoms with Crippen molar-refractivity contribution in [3.8, 4) is 5.75 Å². The summed E-state index contributed by atoms with van der Waals surface area (Å²) in [6.45, 7) is 6.12. The second-order valence-electron chi connectivity index (χ2n) is 8.40. The summed E-state index contributed by atoms with van der Waals surface area (Å²) in [6, 6.07) is 22.5. The number of carbonyl (C=O) groups is 1. The number of nitrogens with zero attached hydrogens (tertiary/aromatic N) is 2. The van der Waals surface area contributed by atoms with Gasteiger partial charge < -0.3 is 10.1 Å². The Morgan fingerprint density at radius 3 is 2.58 bits per heavy atom. The van der Waals surface area contributed by atoms with Crippen LogP contribution in [0.3, 0.4) is 0 Å². The molecule has 0 spiro atoms. The van der Waals surface area contributed by atoms with E-state index in [0.717, 1.165) is 34.1 Å². The summed E-state index contributed by atoms with van der Waals surface area (Å²) in [5.74, 6) is 0.752. The fourth-order valence-corrected chi connectivity index (χ4v) is 4.51. The topological polar surface area (TPSA) is 54.5 Å². The minimum Gasteiger partial charge on any atom is -0.489 e. The van der Waals surface area contributed by atoms with Gasteiger partial charge in [0.15, 0.2) is 0 Å². The fourth-order valence-electron chi connectivity index (χ4n) is 3.73. The van der Waals surface area contributed by atoms with Crippen LogP contribution in [0.5, 0.6) is 5.75 Å². The lowest BCUT2D eigenvalue weighted by Crippen LogP contribution is -2.33. The van der Waals surface area contributed by atoms with Gasteiger partial charge in [0, 0.05) is 29.5 Å². The Hall–Kier alpha value is -3.22. The lowest BCUT2D eigenvalue weighted by atomic mass is 10.1. The van der Waals surface area contributed by atoms with Crippen LogP contribution in [-0.4, -0.2) is 35.5 Å². The van der Waals surface area contributed by atoms with E-state index in [9.17, 15) is 4.79 Å². The average molecular weight is 460 g/mol. The molecule has 2 heterocycles. The van der Waals surface area contributed by atoms with Crippen molar-refractivity contribution in [3.05, 3.63) is 93.8 Å². The highest BCUT2D eigenvalue weighted by atomic mass is 32.1. The summed E-state index contributed by atoms with van der Waals surface area (Å²) in [4.78, 5) is 20.7. The molecule has 2 aromatic heterocycles. The van der Waals surface area contributed by atoms with Gasteiger partial charge in [0.05, 0.1) is 16.9 Å². The molecule has 0 fully saturated rings. The van der Waals surface area contributed by atoms with Crippen LogP contribution in [0.1, 0.15) is 32.6 Å². The van der Waals surface area contributed by atoms with Crippen LogP contribution in [0.2, 0.25) is 0 Å². The number of hydrogen-bond acceptors (Lipinski definition) is 5. The van der Waals surface area contributed by atoms with Crippen molar-refractivity contribution in [2.45, 2.75) is 33.0 Å². The highest BCUT2D eigenvalue weighted by Gasteiger charge is 2.11. The number of aryl methyl sites for hydroxylation is 1. The predicted octanol–water partition coefficient (Wildman–Crippen LogP) is 5.43. The molecular formula is C27H29N3O2S. The van der Waals surface area contributed by atoms with E-state index in [4.69, 9.17) is 4.74 Å². The fraction of sp³-hybridized carbons (Fsp3) is 0.259.